The molecule has 4 heteroatoms. The van der Waals surface area contributed by atoms with Crippen LogP contribution >= 0.6 is 0 Å². The van der Waals surface area contributed by atoms with E-state index in [4.69, 9.17) is 0 Å². The van der Waals surface area contributed by atoms with Crippen LogP contribution < -0.4 is 5.32 Å². The summed E-state index contributed by atoms with van der Waals surface area (Å²) in [4.78, 5) is 19.5. The molecule has 1 aliphatic heterocycles. The second kappa shape index (κ2) is 8.60. The van der Waals surface area contributed by atoms with Gasteiger partial charge in [-0.15, -0.1) is 0 Å². The number of aromatic nitrogens is 1. The summed E-state index contributed by atoms with van der Waals surface area (Å²) in [6.07, 6.45) is 5.43. The van der Waals surface area contributed by atoms with E-state index in [1.165, 1.54) is 0 Å². The van der Waals surface area contributed by atoms with E-state index in [-0.39, 0.29) is 5.91 Å². The Kier molecular flexibility index (Phi) is 5.96. The van der Waals surface area contributed by atoms with Gasteiger partial charge >= 0.3 is 0 Å². The van der Waals surface area contributed by atoms with Crippen molar-refractivity contribution in [1.29, 1.82) is 0 Å². The van der Waals surface area contributed by atoms with Crippen molar-refractivity contribution in [2.24, 2.45) is 0 Å². The fraction of sp³-hybridized carbons (Fsp3) is 0.400. The molecule has 1 aromatic carbocycles. The number of benzene rings is 1. The van der Waals surface area contributed by atoms with Crippen molar-refractivity contribution in [1.82, 2.24) is 15.2 Å². The summed E-state index contributed by atoms with van der Waals surface area (Å²) in [6, 6.07) is 16.2. The SMILES string of the molecule is O=C(Cc1ccccc1)N(Cc1ccccn1)C1CCCNCC1. The maximum absolute atomic E-state index is 13.0. The van der Waals surface area contributed by atoms with Crippen LogP contribution in [0.4, 0.5) is 0 Å². The van der Waals surface area contributed by atoms with E-state index in [0.717, 1.165) is 43.6 Å². The molecule has 0 aliphatic carbocycles. The lowest BCUT2D eigenvalue weighted by molar-refractivity contribution is -0.133. The number of carbonyl (C=O) groups excluding carboxylic acids is 1. The minimum absolute atomic E-state index is 0.193. The second-order valence-electron chi connectivity index (χ2n) is 6.34. The molecule has 0 bridgehead atoms. The van der Waals surface area contributed by atoms with Gasteiger partial charge in [-0.2, -0.15) is 0 Å². The fourth-order valence-electron chi connectivity index (χ4n) is 3.27. The van der Waals surface area contributed by atoms with Crippen molar-refractivity contribution in [3.8, 4) is 0 Å². The van der Waals surface area contributed by atoms with Gasteiger partial charge in [0.2, 0.25) is 5.91 Å². The molecule has 3 rings (SSSR count). The summed E-state index contributed by atoms with van der Waals surface area (Å²) < 4.78 is 0. The third-order valence-corrected chi connectivity index (χ3v) is 4.56. The van der Waals surface area contributed by atoms with Crippen LogP contribution in [0.25, 0.3) is 0 Å². The molecule has 4 nitrogen and oxygen atoms in total. The van der Waals surface area contributed by atoms with Gasteiger partial charge < -0.3 is 10.2 Å². The molecule has 2 heterocycles. The van der Waals surface area contributed by atoms with Crippen molar-refractivity contribution in [2.45, 2.75) is 38.3 Å². The summed E-state index contributed by atoms with van der Waals surface area (Å²) in [6.45, 7) is 2.61. The van der Waals surface area contributed by atoms with Crippen molar-refractivity contribution in [2.75, 3.05) is 13.1 Å². The minimum Gasteiger partial charge on any atom is -0.333 e. The molecule has 1 fully saturated rings. The van der Waals surface area contributed by atoms with Gasteiger partial charge in [0.1, 0.15) is 0 Å². The number of carbonyl (C=O) groups is 1. The molecule has 0 radical (unpaired) electrons. The van der Waals surface area contributed by atoms with Crippen LogP contribution in [-0.4, -0.2) is 34.9 Å². The highest BCUT2D eigenvalue weighted by atomic mass is 16.2. The maximum Gasteiger partial charge on any atom is 0.227 e. The van der Waals surface area contributed by atoms with E-state index in [0.29, 0.717) is 19.0 Å². The van der Waals surface area contributed by atoms with E-state index in [9.17, 15) is 4.79 Å². The van der Waals surface area contributed by atoms with E-state index in [1.54, 1.807) is 6.20 Å². The highest BCUT2D eigenvalue weighted by Crippen LogP contribution is 2.18. The first-order chi connectivity index (χ1) is 11.8. The Bertz CT molecular complexity index is 622. The van der Waals surface area contributed by atoms with Crippen LogP contribution in [0.3, 0.4) is 0 Å². The number of nitrogens with one attached hydrogen (secondary N) is 1. The van der Waals surface area contributed by atoms with Crippen LogP contribution in [0.5, 0.6) is 0 Å². The molecular weight excluding hydrogens is 298 g/mol. The lowest BCUT2D eigenvalue weighted by Crippen LogP contribution is -2.41. The van der Waals surface area contributed by atoms with E-state index >= 15 is 0 Å². The lowest BCUT2D eigenvalue weighted by Gasteiger charge is -2.31. The predicted octanol–water partition coefficient (Wildman–Crippen LogP) is 2.80. The molecule has 0 saturated carbocycles. The van der Waals surface area contributed by atoms with Gasteiger partial charge in [-0.25, -0.2) is 0 Å². The van der Waals surface area contributed by atoms with E-state index in [1.807, 2.05) is 53.4 Å². The standard InChI is InChI=1S/C20H25N3O/c24-20(15-17-7-2-1-3-8-17)23(16-18-9-4-5-13-22-18)19-10-6-12-21-14-11-19/h1-5,7-9,13,19,21H,6,10-12,14-16H2. The molecule has 1 unspecified atom stereocenters. The van der Waals surface area contributed by atoms with Gasteiger partial charge in [0, 0.05) is 12.2 Å². The largest absolute Gasteiger partial charge is 0.333 e. The molecule has 1 atom stereocenters. The van der Waals surface area contributed by atoms with Gasteiger partial charge in [-0.05, 0) is 50.0 Å². The van der Waals surface area contributed by atoms with Gasteiger partial charge in [0.05, 0.1) is 18.7 Å². The highest BCUT2D eigenvalue weighted by molar-refractivity contribution is 5.79. The maximum atomic E-state index is 13.0. The molecule has 2 aromatic rings. The smallest absolute Gasteiger partial charge is 0.227 e. The molecule has 1 aliphatic rings. The Balaban J connectivity index is 1.76. The highest BCUT2D eigenvalue weighted by Gasteiger charge is 2.25. The third kappa shape index (κ3) is 4.65. The van der Waals surface area contributed by atoms with Gasteiger partial charge in [0.15, 0.2) is 0 Å². The number of hydrogen-bond donors (Lipinski definition) is 1. The summed E-state index contributed by atoms with van der Waals surface area (Å²) in [5, 5.41) is 3.43. The van der Waals surface area contributed by atoms with Crippen molar-refractivity contribution < 1.29 is 4.79 Å². The molecular formula is C20H25N3O. The van der Waals surface area contributed by atoms with Crippen molar-refractivity contribution in [3.05, 3.63) is 66.0 Å². The zero-order valence-electron chi connectivity index (χ0n) is 14.0. The molecule has 1 amide bonds. The Morgan fingerprint density at radius 1 is 1.08 bits per heavy atom. The number of hydrogen-bond acceptors (Lipinski definition) is 3. The van der Waals surface area contributed by atoms with Crippen molar-refractivity contribution >= 4 is 5.91 Å². The molecule has 1 N–H and O–H groups in total. The summed E-state index contributed by atoms with van der Waals surface area (Å²) in [7, 11) is 0. The zero-order valence-corrected chi connectivity index (χ0v) is 14.0. The first kappa shape index (κ1) is 16.7. The van der Waals surface area contributed by atoms with Gasteiger partial charge in [-0.1, -0.05) is 36.4 Å². The third-order valence-electron chi connectivity index (χ3n) is 4.56. The average molecular weight is 323 g/mol. The van der Waals surface area contributed by atoms with Crippen molar-refractivity contribution in [3.63, 3.8) is 0 Å². The van der Waals surface area contributed by atoms with Gasteiger partial charge in [0.25, 0.3) is 0 Å². The quantitative estimate of drug-likeness (QED) is 0.920. The number of nitrogens with zero attached hydrogens (tertiary/aromatic N) is 2. The Labute approximate surface area is 143 Å². The Morgan fingerprint density at radius 2 is 1.92 bits per heavy atom. The van der Waals surface area contributed by atoms with Crippen LogP contribution in [0.2, 0.25) is 0 Å². The first-order valence-electron chi connectivity index (χ1n) is 8.77. The normalized spacial score (nSPS) is 17.9. The number of rotatable bonds is 5. The minimum atomic E-state index is 0.193. The number of pyridine rings is 1. The molecule has 1 saturated heterocycles. The van der Waals surface area contributed by atoms with Crippen LogP contribution in [0.1, 0.15) is 30.5 Å². The Morgan fingerprint density at radius 3 is 2.71 bits per heavy atom. The Hall–Kier alpha value is -2.20. The topological polar surface area (TPSA) is 45.2 Å². The molecule has 1 aromatic heterocycles. The van der Waals surface area contributed by atoms with E-state index < -0.39 is 0 Å². The predicted molar refractivity (Wildman–Crippen MR) is 95.4 cm³/mol. The zero-order chi connectivity index (χ0) is 16.6. The average Bonchev–Trinajstić information content (AvgIpc) is 2.90. The van der Waals surface area contributed by atoms with Crippen LogP contribution in [0.15, 0.2) is 54.7 Å². The first-order valence-corrected chi connectivity index (χ1v) is 8.77. The monoisotopic (exact) mass is 323 g/mol. The summed E-state index contributed by atoms with van der Waals surface area (Å²) in [5.74, 6) is 0.193. The number of amides is 1. The van der Waals surface area contributed by atoms with Crippen LogP contribution in [0, 0.1) is 0 Å². The summed E-state index contributed by atoms with van der Waals surface area (Å²) >= 11 is 0. The van der Waals surface area contributed by atoms with Crippen LogP contribution in [-0.2, 0) is 17.8 Å². The lowest BCUT2D eigenvalue weighted by atomic mass is 10.0. The van der Waals surface area contributed by atoms with E-state index in [2.05, 4.69) is 10.3 Å². The van der Waals surface area contributed by atoms with Gasteiger partial charge in [-0.3, -0.25) is 9.78 Å². The molecule has 126 valence electrons. The molecule has 24 heavy (non-hydrogen) atoms. The molecule has 0 spiro atoms. The summed E-state index contributed by atoms with van der Waals surface area (Å²) in [5.41, 5.74) is 2.02. The second-order valence-corrected chi connectivity index (χ2v) is 6.34. The fourth-order valence-corrected chi connectivity index (χ4v) is 3.27.